The Hall–Kier alpha value is -1.60. The van der Waals surface area contributed by atoms with E-state index in [1.807, 2.05) is 18.4 Å². The van der Waals surface area contributed by atoms with Crippen molar-refractivity contribution >= 4 is 23.3 Å². The molecule has 1 aromatic heterocycles. The van der Waals surface area contributed by atoms with E-state index in [-0.39, 0.29) is 17.8 Å². The molecule has 0 aliphatic carbocycles. The lowest BCUT2D eigenvalue weighted by molar-refractivity contribution is -0.145. The van der Waals surface area contributed by atoms with Crippen LogP contribution in [0.1, 0.15) is 24.6 Å². The van der Waals surface area contributed by atoms with Gasteiger partial charge in [-0.1, -0.05) is 13.0 Å². The number of esters is 1. The highest BCUT2D eigenvalue weighted by Gasteiger charge is 2.37. The highest BCUT2D eigenvalue weighted by molar-refractivity contribution is 7.09. The minimum absolute atomic E-state index is 0.0611. The molecule has 150 valence electrons. The normalized spacial score (nSPS) is 25.0. The molecule has 6 nitrogen and oxygen atoms in total. The van der Waals surface area contributed by atoms with E-state index in [4.69, 9.17) is 4.74 Å². The van der Waals surface area contributed by atoms with Gasteiger partial charge in [0.2, 0.25) is 0 Å². The van der Waals surface area contributed by atoms with E-state index in [1.54, 1.807) is 0 Å². The van der Waals surface area contributed by atoms with Gasteiger partial charge in [0.15, 0.2) is 5.96 Å². The van der Waals surface area contributed by atoms with Crippen LogP contribution in [0.3, 0.4) is 0 Å². The fourth-order valence-electron chi connectivity index (χ4n) is 4.14. The molecule has 0 aromatic carbocycles. The Morgan fingerprint density at radius 3 is 2.78 bits per heavy atom. The lowest BCUT2D eigenvalue weighted by atomic mass is 9.97. The molecule has 7 heteroatoms. The second-order valence-electron chi connectivity index (χ2n) is 7.74. The Bertz CT molecular complexity index is 626. The van der Waals surface area contributed by atoms with Crippen molar-refractivity contribution in [2.45, 2.75) is 26.3 Å². The molecule has 2 saturated heterocycles. The van der Waals surface area contributed by atoms with Crippen molar-refractivity contribution in [3.05, 3.63) is 22.4 Å². The molecular formula is C20H32N4O2S. The van der Waals surface area contributed by atoms with E-state index in [0.717, 1.165) is 38.7 Å². The SMILES string of the molecule is CN=C(NCC1CCN(Cc2cccs2)CC1)N1CC(C)C(C(=O)OC)C1. The average molecular weight is 393 g/mol. The number of carbonyl (C=O) groups is 1. The maximum Gasteiger partial charge on any atom is 0.310 e. The number of guanidine groups is 1. The lowest BCUT2D eigenvalue weighted by Gasteiger charge is -2.32. The predicted octanol–water partition coefficient (Wildman–Crippen LogP) is 2.28. The summed E-state index contributed by atoms with van der Waals surface area (Å²) in [6.45, 7) is 8.00. The number of rotatable bonds is 5. The van der Waals surface area contributed by atoms with Crippen molar-refractivity contribution in [3.8, 4) is 0 Å². The first-order chi connectivity index (χ1) is 13.1. The molecule has 2 aliphatic rings. The summed E-state index contributed by atoms with van der Waals surface area (Å²) in [5.41, 5.74) is 0. The maximum atomic E-state index is 11.9. The van der Waals surface area contributed by atoms with Crippen molar-refractivity contribution in [1.82, 2.24) is 15.1 Å². The fourth-order valence-corrected chi connectivity index (χ4v) is 4.88. The summed E-state index contributed by atoms with van der Waals surface area (Å²) < 4.78 is 4.94. The number of methoxy groups -OCH3 is 1. The number of likely N-dealkylation sites (tertiary alicyclic amines) is 2. The van der Waals surface area contributed by atoms with Gasteiger partial charge in [-0.05, 0) is 49.2 Å². The molecule has 0 radical (unpaired) electrons. The number of nitrogens with zero attached hydrogens (tertiary/aromatic N) is 3. The highest BCUT2D eigenvalue weighted by Crippen LogP contribution is 2.24. The molecule has 2 unspecified atom stereocenters. The first-order valence-electron chi connectivity index (χ1n) is 9.88. The highest BCUT2D eigenvalue weighted by atomic mass is 32.1. The molecule has 0 amide bonds. The van der Waals surface area contributed by atoms with E-state index in [9.17, 15) is 4.79 Å². The van der Waals surface area contributed by atoms with Crippen LogP contribution in [0.2, 0.25) is 0 Å². The summed E-state index contributed by atoms with van der Waals surface area (Å²) in [4.78, 5) is 22.6. The molecule has 1 N–H and O–H groups in total. The first-order valence-corrected chi connectivity index (χ1v) is 10.8. The number of ether oxygens (including phenoxy) is 1. The number of thiophene rings is 1. The van der Waals surface area contributed by atoms with Gasteiger partial charge in [0.1, 0.15) is 0 Å². The fraction of sp³-hybridized carbons (Fsp3) is 0.700. The third kappa shape index (κ3) is 5.23. The Morgan fingerprint density at radius 2 is 2.15 bits per heavy atom. The van der Waals surface area contributed by atoms with Crippen LogP contribution in [0.5, 0.6) is 0 Å². The van der Waals surface area contributed by atoms with Crippen molar-refractivity contribution in [2.24, 2.45) is 22.7 Å². The maximum absolute atomic E-state index is 11.9. The van der Waals surface area contributed by atoms with Gasteiger partial charge in [0.25, 0.3) is 0 Å². The monoisotopic (exact) mass is 392 g/mol. The van der Waals surface area contributed by atoms with E-state index in [1.165, 1.54) is 24.8 Å². The first kappa shape index (κ1) is 20.1. The van der Waals surface area contributed by atoms with Gasteiger partial charge >= 0.3 is 5.97 Å². The number of piperidine rings is 1. The number of hydrogen-bond acceptors (Lipinski definition) is 5. The Morgan fingerprint density at radius 1 is 1.37 bits per heavy atom. The van der Waals surface area contributed by atoms with Crippen molar-refractivity contribution < 1.29 is 9.53 Å². The third-order valence-corrected chi connectivity index (χ3v) is 6.70. The van der Waals surface area contributed by atoms with E-state index >= 15 is 0 Å². The molecule has 2 aliphatic heterocycles. The van der Waals surface area contributed by atoms with E-state index < -0.39 is 0 Å². The van der Waals surface area contributed by atoms with Crippen LogP contribution in [-0.2, 0) is 16.1 Å². The summed E-state index contributed by atoms with van der Waals surface area (Å²) in [7, 11) is 3.29. The molecule has 0 bridgehead atoms. The van der Waals surface area contributed by atoms with Gasteiger partial charge in [-0.3, -0.25) is 14.7 Å². The van der Waals surface area contributed by atoms with E-state index in [0.29, 0.717) is 12.5 Å². The van der Waals surface area contributed by atoms with Crippen LogP contribution in [0.25, 0.3) is 0 Å². The molecule has 3 heterocycles. The minimum Gasteiger partial charge on any atom is -0.469 e. The summed E-state index contributed by atoms with van der Waals surface area (Å²) in [6, 6.07) is 4.35. The van der Waals surface area contributed by atoms with Crippen molar-refractivity contribution in [1.29, 1.82) is 0 Å². The van der Waals surface area contributed by atoms with Crippen LogP contribution in [0.15, 0.2) is 22.5 Å². The number of carbonyl (C=O) groups excluding carboxylic acids is 1. The Labute approximate surface area is 166 Å². The topological polar surface area (TPSA) is 57.2 Å². The molecular weight excluding hydrogens is 360 g/mol. The van der Waals surface area contributed by atoms with E-state index in [2.05, 4.69) is 44.5 Å². The number of aliphatic imine (C=N–C) groups is 1. The third-order valence-electron chi connectivity index (χ3n) is 5.84. The lowest BCUT2D eigenvalue weighted by Crippen LogP contribution is -2.44. The second-order valence-corrected chi connectivity index (χ2v) is 8.77. The Kier molecular flexibility index (Phi) is 7.13. The quantitative estimate of drug-likeness (QED) is 0.473. The minimum atomic E-state index is -0.112. The molecule has 0 saturated carbocycles. The summed E-state index contributed by atoms with van der Waals surface area (Å²) in [5.74, 6) is 1.70. The van der Waals surface area contributed by atoms with Crippen LogP contribution in [-0.4, -0.2) is 68.6 Å². The standard InChI is InChI=1S/C20H32N4O2S/c1-15-12-24(14-18(15)19(25)26-3)20(21-2)22-11-16-6-8-23(9-7-16)13-17-5-4-10-27-17/h4-5,10,15-16,18H,6-9,11-14H2,1-3H3,(H,21,22). The smallest absolute Gasteiger partial charge is 0.310 e. The molecule has 2 atom stereocenters. The van der Waals surface area contributed by atoms with Crippen molar-refractivity contribution in [3.63, 3.8) is 0 Å². The van der Waals surface area contributed by atoms with Gasteiger partial charge in [0, 0.05) is 38.1 Å². The number of nitrogens with one attached hydrogen (secondary N) is 1. The van der Waals surface area contributed by atoms with Crippen LogP contribution >= 0.6 is 11.3 Å². The van der Waals surface area contributed by atoms with Crippen LogP contribution < -0.4 is 5.32 Å². The van der Waals surface area contributed by atoms with Gasteiger partial charge in [0.05, 0.1) is 13.0 Å². The van der Waals surface area contributed by atoms with Crippen LogP contribution in [0, 0.1) is 17.8 Å². The zero-order valence-corrected chi connectivity index (χ0v) is 17.5. The summed E-state index contributed by atoms with van der Waals surface area (Å²) in [5, 5.41) is 5.70. The predicted molar refractivity (Wildman–Crippen MR) is 110 cm³/mol. The summed E-state index contributed by atoms with van der Waals surface area (Å²) >= 11 is 1.84. The molecule has 3 rings (SSSR count). The van der Waals surface area contributed by atoms with Gasteiger partial charge in [-0.25, -0.2) is 0 Å². The summed E-state index contributed by atoms with van der Waals surface area (Å²) in [6.07, 6.45) is 2.44. The van der Waals surface area contributed by atoms with Gasteiger partial charge in [-0.2, -0.15) is 0 Å². The zero-order valence-electron chi connectivity index (χ0n) is 16.7. The number of hydrogen-bond donors (Lipinski definition) is 1. The molecule has 27 heavy (non-hydrogen) atoms. The van der Waals surface area contributed by atoms with Crippen molar-refractivity contribution in [2.75, 3.05) is 46.9 Å². The van der Waals surface area contributed by atoms with Crippen LogP contribution in [0.4, 0.5) is 0 Å². The zero-order chi connectivity index (χ0) is 19.2. The average Bonchev–Trinajstić information content (AvgIpc) is 3.33. The molecule has 2 fully saturated rings. The van der Waals surface area contributed by atoms with Gasteiger partial charge < -0.3 is 15.0 Å². The second kappa shape index (κ2) is 9.55. The Balaban J connectivity index is 1.42. The molecule has 1 aromatic rings. The largest absolute Gasteiger partial charge is 0.469 e. The van der Waals surface area contributed by atoms with Gasteiger partial charge in [-0.15, -0.1) is 11.3 Å². The molecule has 0 spiro atoms.